The van der Waals surface area contributed by atoms with Crippen LogP contribution in [0.2, 0.25) is 0 Å². The van der Waals surface area contributed by atoms with Crippen LogP contribution in [0.15, 0.2) is 48.5 Å². The van der Waals surface area contributed by atoms with Crippen molar-refractivity contribution in [1.82, 2.24) is 4.90 Å². The molecule has 0 bridgehead atoms. The number of nitrogens with zero attached hydrogens (tertiary/aromatic N) is 2. The fourth-order valence-electron chi connectivity index (χ4n) is 4.57. The molecule has 0 aromatic heterocycles. The van der Waals surface area contributed by atoms with Crippen LogP contribution in [0.5, 0.6) is 5.75 Å². The van der Waals surface area contributed by atoms with E-state index < -0.39 is 11.9 Å². The minimum absolute atomic E-state index is 0.0650. The predicted molar refractivity (Wildman–Crippen MR) is 117 cm³/mol. The third kappa shape index (κ3) is 4.52. The van der Waals surface area contributed by atoms with Gasteiger partial charge in [-0.25, -0.2) is 9.29 Å². The lowest BCUT2D eigenvalue weighted by Gasteiger charge is -2.32. The molecule has 1 saturated carbocycles. The third-order valence-electron chi connectivity index (χ3n) is 6.33. The number of amides is 3. The zero-order valence-corrected chi connectivity index (χ0v) is 18.1. The summed E-state index contributed by atoms with van der Waals surface area (Å²) in [5.74, 6) is -0.748. The lowest BCUT2D eigenvalue weighted by molar-refractivity contribution is -0.143. The summed E-state index contributed by atoms with van der Waals surface area (Å²) >= 11 is 0. The Morgan fingerprint density at radius 2 is 1.69 bits per heavy atom. The van der Waals surface area contributed by atoms with Gasteiger partial charge < -0.3 is 9.64 Å². The number of imide groups is 1. The molecule has 1 aliphatic heterocycles. The summed E-state index contributed by atoms with van der Waals surface area (Å²) in [5.41, 5.74) is 1.17. The van der Waals surface area contributed by atoms with Crippen LogP contribution in [-0.2, 0) is 20.9 Å². The van der Waals surface area contributed by atoms with Gasteiger partial charge in [-0.05, 0) is 54.8 Å². The molecule has 2 fully saturated rings. The van der Waals surface area contributed by atoms with Crippen molar-refractivity contribution < 1.29 is 23.5 Å². The van der Waals surface area contributed by atoms with E-state index in [1.165, 1.54) is 17.0 Å². The topological polar surface area (TPSA) is 66.9 Å². The normalized spacial score (nSPS) is 19.3. The maximum atomic E-state index is 13.5. The maximum Gasteiger partial charge on any atom is 0.257 e. The molecule has 168 valence electrons. The van der Waals surface area contributed by atoms with E-state index in [2.05, 4.69) is 0 Å². The molecule has 7 heteroatoms. The van der Waals surface area contributed by atoms with E-state index in [4.69, 9.17) is 4.74 Å². The second kappa shape index (κ2) is 9.51. The number of carbonyl (C=O) groups excluding carboxylic acids is 3. The second-order valence-electron chi connectivity index (χ2n) is 8.41. The minimum Gasteiger partial charge on any atom is -0.497 e. The van der Waals surface area contributed by atoms with E-state index in [0.29, 0.717) is 11.4 Å². The number of benzene rings is 2. The molecule has 1 atom stereocenters. The monoisotopic (exact) mass is 438 g/mol. The largest absolute Gasteiger partial charge is 0.497 e. The van der Waals surface area contributed by atoms with E-state index in [9.17, 15) is 18.8 Å². The molecular weight excluding hydrogens is 411 g/mol. The van der Waals surface area contributed by atoms with Crippen LogP contribution in [0.25, 0.3) is 0 Å². The molecule has 1 aliphatic carbocycles. The van der Waals surface area contributed by atoms with Crippen molar-refractivity contribution in [2.45, 2.75) is 51.1 Å². The molecule has 0 spiro atoms. The quantitative estimate of drug-likeness (QED) is 0.638. The first-order valence-electron chi connectivity index (χ1n) is 11.0. The van der Waals surface area contributed by atoms with Gasteiger partial charge >= 0.3 is 0 Å². The molecule has 32 heavy (non-hydrogen) atoms. The number of rotatable bonds is 6. The second-order valence-corrected chi connectivity index (χ2v) is 8.41. The van der Waals surface area contributed by atoms with Crippen LogP contribution in [0.4, 0.5) is 10.1 Å². The summed E-state index contributed by atoms with van der Waals surface area (Å²) < 4.78 is 18.5. The molecule has 2 aromatic rings. The van der Waals surface area contributed by atoms with Gasteiger partial charge in [0.1, 0.15) is 17.6 Å². The van der Waals surface area contributed by atoms with Crippen LogP contribution in [0, 0.1) is 11.7 Å². The number of anilines is 1. The lowest BCUT2D eigenvalue weighted by Crippen LogP contribution is -2.47. The molecule has 0 N–H and O–H groups in total. The third-order valence-corrected chi connectivity index (χ3v) is 6.33. The van der Waals surface area contributed by atoms with Gasteiger partial charge in [-0.1, -0.05) is 31.4 Å². The highest BCUT2D eigenvalue weighted by Crippen LogP contribution is 2.32. The van der Waals surface area contributed by atoms with Crippen LogP contribution < -0.4 is 9.64 Å². The molecule has 6 nitrogen and oxygen atoms in total. The average Bonchev–Trinajstić information content (AvgIpc) is 3.12. The molecule has 1 saturated heterocycles. The average molecular weight is 438 g/mol. The molecule has 2 aliphatic rings. The Labute approximate surface area is 187 Å². The lowest BCUT2D eigenvalue weighted by atomic mass is 9.87. The Balaban J connectivity index is 1.61. The first kappa shape index (κ1) is 22.0. The van der Waals surface area contributed by atoms with Gasteiger partial charge in [-0.15, -0.1) is 0 Å². The summed E-state index contributed by atoms with van der Waals surface area (Å²) in [6, 6.07) is 11.7. The van der Waals surface area contributed by atoms with Crippen LogP contribution in [0.3, 0.4) is 0 Å². The van der Waals surface area contributed by atoms with E-state index in [1.807, 2.05) is 0 Å². The van der Waals surface area contributed by atoms with Gasteiger partial charge in [0.2, 0.25) is 11.8 Å². The van der Waals surface area contributed by atoms with Gasteiger partial charge in [0.15, 0.2) is 0 Å². The van der Waals surface area contributed by atoms with Crippen LogP contribution in [0.1, 0.15) is 44.1 Å². The Morgan fingerprint density at radius 1 is 1.03 bits per heavy atom. The maximum absolute atomic E-state index is 13.5. The van der Waals surface area contributed by atoms with Crippen molar-refractivity contribution in [3.8, 4) is 5.75 Å². The molecular formula is C25H27FN2O4. The van der Waals surface area contributed by atoms with Crippen molar-refractivity contribution in [2.75, 3.05) is 12.0 Å². The zero-order valence-electron chi connectivity index (χ0n) is 18.1. The van der Waals surface area contributed by atoms with Gasteiger partial charge in [-0.3, -0.25) is 14.4 Å². The number of halogens is 1. The minimum atomic E-state index is -0.871. The SMILES string of the molecule is COc1ccc(N2C(=O)CC(N(Cc3ccc(F)cc3)C(=O)C3CCCCC3)C2=O)cc1. The van der Waals surface area contributed by atoms with Crippen molar-refractivity contribution in [3.05, 3.63) is 59.9 Å². The molecule has 3 amide bonds. The summed E-state index contributed by atoms with van der Waals surface area (Å²) in [4.78, 5) is 42.4. The Bertz CT molecular complexity index is 984. The fourth-order valence-corrected chi connectivity index (χ4v) is 4.57. The van der Waals surface area contributed by atoms with Gasteiger partial charge in [0.25, 0.3) is 5.91 Å². The number of hydrogen-bond donors (Lipinski definition) is 0. The smallest absolute Gasteiger partial charge is 0.257 e. The Kier molecular flexibility index (Phi) is 6.53. The molecule has 2 aromatic carbocycles. The van der Waals surface area contributed by atoms with E-state index in [1.54, 1.807) is 43.5 Å². The van der Waals surface area contributed by atoms with Crippen LogP contribution in [-0.4, -0.2) is 35.8 Å². The van der Waals surface area contributed by atoms with E-state index in [0.717, 1.165) is 42.6 Å². The number of methoxy groups -OCH3 is 1. The van der Waals surface area contributed by atoms with E-state index in [-0.39, 0.29) is 36.5 Å². The van der Waals surface area contributed by atoms with Gasteiger partial charge in [0.05, 0.1) is 19.2 Å². The first-order chi connectivity index (χ1) is 15.5. The van der Waals surface area contributed by atoms with Crippen molar-refractivity contribution >= 4 is 23.4 Å². The van der Waals surface area contributed by atoms with Crippen molar-refractivity contribution in [2.24, 2.45) is 5.92 Å². The first-order valence-corrected chi connectivity index (χ1v) is 11.0. The Morgan fingerprint density at radius 3 is 2.31 bits per heavy atom. The highest BCUT2D eigenvalue weighted by molar-refractivity contribution is 6.23. The highest BCUT2D eigenvalue weighted by atomic mass is 19.1. The summed E-state index contributed by atoms with van der Waals surface area (Å²) in [7, 11) is 1.54. The number of ether oxygens (including phenoxy) is 1. The van der Waals surface area contributed by atoms with Crippen molar-refractivity contribution in [3.63, 3.8) is 0 Å². The van der Waals surface area contributed by atoms with Crippen molar-refractivity contribution in [1.29, 1.82) is 0 Å². The molecule has 1 unspecified atom stereocenters. The summed E-state index contributed by atoms with van der Waals surface area (Å²) in [6.45, 7) is 0.162. The van der Waals surface area contributed by atoms with E-state index >= 15 is 0 Å². The van der Waals surface area contributed by atoms with Gasteiger partial charge in [0, 0.05) is 12.5 Å². The Hall–Kier alpha value is -3.22. The molecule has 1 heterocycles. The zero-order chi connectivity index (χ0) is 22.7. The summed E-state index contributed by atoms with van der Waals surface area (Å²) in [6.07, 6.45) is 4.58. The molecule has 0 radical (unpaired) electrons. The highest BCUT2D eigenvalue weighted by Gasteiger charge is 2.45. The molecule has 4 rings (SSSR count). The standard InChI is InChI=1S/C25H27FN2O4/c1-32-21-13-11-20(12-14-21)28-23(29)15-22(25(28)31)27(16-17-7-9-19(26)10-8-17)24(30)18-5-3-2-4-6-18/h7-14,18,22H,2-6,15-16H2,1H3. The number of carbonyl (C=O) groups is 3. The van der Waals surface area contributed by atoms with Gasteiger partial charge in [-0.2, -0.15) is 0 Å². The summed E-state index contributed by atoms with van der Waals surface area (Å²) in [5, 5.41) is 0. The van der Waals surface area contributed by atoms with Crippen LogP contribution >= 0.6 is 0 Å². The predicted octanol–water partition coefficient (Wildman–Crippen LogP) is 4.08. The number of hydrogen-bond acceptors (Lipinski definition) is 4. The fraction of sp³-hybridized carbons (Fsp3) is 0.400.